The molecule has 0 fully saturated rings. The molecule has 0 aromatic rings. The molecule has 16 heavy (non-hydrogen) atoms. The molecule has 0 aromatic carbocycles. The molecule has 0 aliphatic carbocycles. The fraction of sp³-hybridized carbons (Fsp3) is 1.00. The summed E-state index contributed by atoms with van der Waals surface area (Å²) >= 11 is 1.95. The van der Waals surface area contributed by atoms with Crippen LogP contribution in [-0.2, 0) is 0 Å². The summed E-state index contributed by atoms with van der Waals surface area (Å²) in [4.78, 5) is 5.14. The first-order chi connectivity index (χ1) is 7.78. The van der Waals surface area contributed by atoms with E-state index >= 15 is 0 Å². The fourth-order valence-corrected chi connectivity index (χ4v) is 2.20. The van der Waals surface area contributed by atoms with Crippen molar-refractivity contribution in [1.29, 1.82) is 0 Å². The minimum Gasteiger partial charge on any atom is -0.303 e. The largest absolute Gasteiger partial charge is 0.303 e. The van der Waals surface area contributed by atoms with Crippen LogP contribution in [0.5, 0.6) is 0 Å². The molecule has 0 N–H and O–H groups in total. The molecule has 3 heteroatoms. The Morgan fingerprint density at radius 3 is 1.94 bits per heavy atom. The molecule has 0 radical (unpaired) electrons. The molecule has 0 amide bonds. The van der Waals surface area contributed by atoms with Gasteiger partial charge in [-0.25, -0.2) is 0 Å². The smallest absolute Gasteiger partial charge is 0.0110 e. The van der Waals surface area contributed by atoms with Gasteiger partial charge in [-0.05, 0) is 32.3 Å². The summed E-state index contributed by atoms with van der Waals surface area (Å²) in [5.74, 6) is 1.27. The summed E-state index contributed by atoms with van der Waals surface area (Å²) in [5.41, 5.74) is 0. The molecule has 0 spiro atoms. The highest BCUT2D eigenvalue weighted by atomic mass is 32.2. The van der Waals surface area contributed by atoms with Crippen molar-refractivity contribution in [3.8, 4) is 0 Å². The molecule has 0 bridgehead atoms. The van der Waals surface area contributed by atoms with Crippen molar-refractivity contribution >= 4 is 11.8 Å². The van der Waals surface area contributed by atoms with E-state index in [1.807, 2.05) is 11.8 Å². The van der Waals surface area contributed by atoms with Gasteiger partial charge in [0.15, 0.2) is 0 Å². The summed E-state index contributed by atoms with van der Waals surface area (Å²) in [7, 11) is 0. The monoisotopic (exact) mass is 246 g/mol. The predicted octanol–water partition coefficient (Wildman–Crippen LogP) is 2.79. The lowest BCUT2D eigenvalue weighted by molar-refractivity contribution is 0.220. The summed E-state index contributed by atoms with van der Waals surface area (Å²) in [6, 6.07) is 0. The van der Waals surface area contributed by atoms with Gasteiger partial charge < -0.3 is 9.80 Å². The van der Waals surface area contributed by atoms with Crippen LogP contribution in [0.4, 0.5) is 0 Å². The Kier molecular flexibility index (Phi) is 11.9. The van der Waals surface area contributed by atoms with E-state index in [-0.39, 0.29) is 0 Å². The second-order valence-electron chi connectivity index (χ2n) is 4.21. The van der Waals surface area contributed by atoms with Crippen LogP contribution in [0.1, 0.15) is 33.6 Å². The van der Waals surface area contributed by atoms with E-state index in [4.69, 9.17) is 0 Å². The number of thioether (sulfide) groups is 1. The maximum absolute atomic E-state index is 2.62. The number of likely N-dealkylation sites (N-methyl/N-ethyl adjacent to an activating group) is 1. The second-order valence-corrected chi connectivity index (χ2v) is 5.20. The number of nitrogens with zero attached hydrogens (tertiary/aromatic N) is 2. The van der Waals surface area contributed by atoms with E-state index in [1.54, 1.807) is 0 Å². The topological polar surface area (TPSA) is 6.48 Å². The van der Waals surface area contributed by atoms with E-state index in [0.29, 0.717) is 0 Å². The van der Waals surface area contributed by atoms with Crippen LogP contribution in [0.15, 0.2) is 0 Å². The minimum atomic E-state index is 1.18. The van der Waals surface area contributed by atoms with Gasteiger partial charge in [-0.2, -0.15) is 11.8 Å². The molecule has 0 saturated carbocycles. The Hall–Kier alpha value is 0.270. The van der Waals surface area contributed by atoms with E-state index in [0.717, 1.165) is 0 Å². The summed E-state index contributed by atoms with van der Waals surface area (Å²) in [5, 5.41) is 0. The van der Waals surface area contributed by atoms with Gasteiger partial charge in [0.2, 0.25) is 0 Å². The van der Waals surface area contributed by atoms with Crippen molar-refractivity contribution < 1.29 is 0 Å². The van der Waals surface area contributed by atoms with Gasteiger partial charge in [0.25, 0.3) is 0 Å². The predicted molar refractivity (Wildman–Crippen MR) is 77.5 cm³/mol. The van der Waals surface area contributed by atoms with Crippen LogP contribution in [0, 0.1) is 0 Å². The van der Waals surface area contributed by atoms with Gasteiger partial charge in [-0.15, -0.1) is 0 Å². The van der Waals surface area contributed by atoms with Crippen LogP contribution in [0.25, 0.3) is 0 Å². The van der Waals surface area contributed by atoms with E-state index in [2.05, 4.69) is 36.8 Å². The van der Waals surface area contributed by atoms with E-state index in [9.17, 15) is 0 Å². The maximum Gasteiger partial charge on any atom is 0.0110 e. The van der Waals surface area contributed by atoms with E-state index < -0.39 is 0 Å². The Morgan fingerprint density at radius 2 is 1.44 bits per heavy atom. The van der Waals surface area contributed by atoms with Crippen molar-refractivity contribution in [2.24, 2.45) is 0 Å². The third-order valence-electron chi connectivity index (χ3n) is 3.07. The van der Waals surface area contributed by atoms with Gasteiger partial charge >= 0.3 is 0 Å². The van der Waals surface area contributed by atoms with Crippen molar-refractivity contribution in [3.05, 3.63) is 0 Å². The standard InChI is InChI=1S/C13H30N2S/c1-5-8-9-15(12-13-16-4)11-10-14(6-2)7-3/h5-13H2,1-4H3. The lowest BCUT2D eigenvalue weighted by Gasteiger charge is -2.26. The lowest BCUT2D eigenvalue weighted by Crippen LogP contribution is -2.36. The van der Waals surface area contributed by atoms with Gasteiger partial charge in [-0.1, -0.05) is 27.2 Å². The number of rotatable bonds is 11. The van der Waals surface area contributed by atoms with Crippen molar-refractivity contribution in [1.82, 2.24) is 9.80 Å². The first-order valence-corrected chi connectivity index (χ1v) is 8.11. The summed E-state index contributed by atoms with van der Waals surface area (Å²) < 4.78 is 0. The van der Waals surface area contributed by atoms with Crippen LogP contribution in [-0.4, -0.2) is 61.1 Å². The van der Waals surface area contributed by atoms with Crippen molar-refractivity contribution in [2.75, 3.05) is 51.3 Å². The summed E-state index contributed by atoms with van der Waals surface area (Å²) in [6.45, 7) is 14.1. The van der Waals surface area contributed by atoms with Gasteiger partial charge in [0.1, 0.15) is 0 Å². The number of hydrogen-bond donors (Lipinski definition) is 0. The Labute approximate surface area is 107 Å². The molecule has 0 rings (SSSR count). The molecule has 2 nitrogen and oxygen atoms in total. The molecule has 0 aliphatic heterocycles. The highest BCUT2D eigenvalue weighted by molar-refractivity contribution is 7.98. The summed E-state index contributed by atoms with van der Waals surface area (Å²) in [6.07, 6.45) is 4.84. The van der Waals surface area contributed by atoms with Crippen molar-refractivity contribution in [3.63, 3.8) is 0 Å². The zero-order valence-corrected chi connectivity index (χ0v) is 12.5. The van der Waals surface area contributed by atoms with Crippen LogP contribution in [0.2, 0.25) is 0 Å². The number of hydrogen-bond acceptors (Lipinski definition) is 3. The molecular formula is C13H30N2S. The highest BCUT2D eigenvalue weighted by Gasteiger charge is 2.06. The lowest BCUT2D eigenvalue weighted by atomic mass is 10.3. The van der Waals surface area contributed by atoms with Crippen LogP contribution < -0.4 is 0 Å². The molecule has 98 valence electrons. The van der Waals surface area contributed by atoms with Crippen LogP contribution in [0.3, 0.4) is 0 Å². The second kappa shape index (κ2) is 11.7. The normalized spacial score (nSPS) is 11.6. The van der Waals surface area contributed by atoms with Crippen molar-refractivity contribution in [2.45, 2.75) is 33.6 Å². The zero-order valence-electron chi connectivity index (χ0n) is 11.7. The Balaban J connectivity index is 3.79. The Bertz CT molecular complexity index is 130. The molecule has 0 aromatic heterocycles. The molecule has 0 unspecified atom stereocenters. The average Bonchev–Trinajstić information content (AvgIpc) is 2.32. The first kappa shape index (κ1) is 16.3. The minimum absolute atomic E-state index is 1.18. The van der Waals surface area contributed by atoms with Gasteiger partial charge in [0.05, 0.1) is 0 Å². The maximum atomic E-state index is 2.62. The SMILES string of the molecule is CCCCN(CCSC)CCN(CC)CC. The van der Waals surface area contributed by atoms with Crippen LogP contribution >= 0.6 is 11.8 Å². The number of unbranched alkanes of at least 4 members (excludes halogenated alkanes) is 1. The quantitative estimate of drug-likeness (QED) is 0.553. The average molecular weight is 246 g/mol. The zero-order chi connectivity index (χ0) is 12.2. The molecule has 0 saturated heterocycles. The van der Waals surface area contributed by atoms with E-state index in [1.165, 1.54) is 57.9 Å². The highest BCUT2D eigenvalue weighted by Crippen LogP contribution is 2.00. The molecule has 0 aliphatic rings. The third kappa shape index (κ3) is 8.43. The molecule has 0 atom stereocenters. The van der Waals surface area contributed by atoms with Gasteiger partial charge in [0, 0.05) is 25.4 Å². The molecule has 0 heterocycles. The Morgan fingerprint density at radius 1 is 0.812 bits per heavy atom. The molecular weight excluding hydrogens is 216 g/mol. The first-order valence-electron chi connectivity index (χ1n) is 6.72. The fourth-order valence-electron chi connectivity index (χ4n) is 1.76. The van der Waals surface area contributed by atoms with Gasteiger partial charge in [-0.3, -0.25) is 0 Å². The third-order valence-corrected chi connectivity index (χ3v) is 3.66.